The smallest absolute Gasteiger partial charge is 0.232 e. The van der Waals surface area contributed by atoms with E-state index in [-0.39, 0.29) is 41.2 Å². The van der Waals surface area contributed by atoms with Gasteiger partial charge in [0.25, 0.3) is 0 Å². The lowest BCUT2D eigenvalue weighted by Crippen LogP contribution is -2.20. The first-order chi connectivity index (χ1) is 21.5. The minimum Gasteiger partial charge on any atom is -0.485 e. The van der Waals surface area contributed by atoms with Gasteiger partial charge in [-0.25, -0.2) is 8.78 Å². The second kappa shape index (κ2) is 13.7. The molecular formula is C36H37F2N3O3S. The van der Waals surface area contributed by atoms with Gasteiger partial charge in [-0.1, -0.05) is 62.4 Å². The van der Waals surface area contributed by atoms with Crippen LogP contribution in [0.5, 0.6) is 5.75 Å². The lowest BCUT2D eigenvalue weighted by atomic mass is 10.0. The van der Waals surface area contributed by atoms with E-state index in [2.05, 4.69) is 22.3 Å². The number of ether oxygens (including phenoxy) is 1. The highest BCUT2D eigenvalue weighted by Gasteiger charge is 2.24. The van der Waals surface area contributed by atoms with Gasteiger partial charge in [-0.3, -0.25) is 14.5 Å². The van der Waals surface area contributed by atoms with Crippen molar-refractivity contribution in [3.05, 3.63) is 118 Å². The first kappa shape index (κ1) is 32.1. The van der Waals surface area contributed by atoms with Gasteiger partial charge in [-0.2, -0.15) is 0 Å². The highest BCUT2D eigenvalue weighted by molar-refractivity contribution is 7.22. The van der Waals surface area contributed by atoms with Crippen LogP contribution in [0.15, 0.2) is 83.8 Å². The topological polar surface area (TPSA) is 63.6 Å². The number of hydrogen-bond donors (Lipinski definition) is 1. The third-order valence-corrected chi connectivity index (χ3v) is 8.71. The molecule has 0 saturated carbocycles. The number of aromatic nitrogens is 1. The Morgan fingerprint density at radius 3 is 2.20 bits per heavy atom. The number of nitrogens with one attached hydrogen (secondary N) is 1. The Bertz CT molecular complexity index is 1850. The molecule has 9 heteroatoms. The molecule has 234 valence electrons. The number of carbonyl (C=O) groups is 1. The molecule has 0 bridgehead atoms. The van der Waals surface area contributed by atoms with Crippen LogP contribution in [0.3, 0.4) is 0 Å². The molecule has 6 nitrogen and oxygen atoms in total. The molecule has 0 atom stereocenters. The third-order valence-electron chi connectivity index (χ3n) is 7.39. The first-order valence-corrected chi connectivity index (χ1v) is 15.8. The number of nitrogens with zero attached hydrogens (tertiary/aromatic N) is 2. The minimum absolute atomic E-state index is 0.0806. The number of carbonyl (C=O) groups excluding carboxylic acids is 1. The Hall–Kier alpha value is -4.34. The zero-order valence-electron chi connectivity index (χ0n) is 26.1. The molecule has 0 aliphatic rings. The van der Waals surface area contributed by atoms with E-state index in [1.165, 1.54) is 29.5 Å². The summed E-state index contributed by atoms with van der Waals surface area (Å²) in [5, 5.41) is 3.38. The van der Waals surface area contributed by atoms with E-state index >= 15 is 0 Å². The van der Waals surface area contributed by atoms with E-state index in [1.807, 2.05) is 77.2 Å². The summed E-state index contributed by atoms with van der Waals surface area (Å²) >= 11 is 1.40. The molecule has 5 aromatic rings. The number of halogens is 2. The van der Waals surface area contributed by atoms with Crippen molar-refractivity contribution in [1.82, 2.24) is 9.47 Å². The number of hydrogen-bond acceptors (Lipinski definition) is 5. The van der Waals surface area contributed by atoms with Crippen molar-refractivity contribution in [2.24, 2.45) is 5.92 Å². The minimum atomic E-state index is -0.660. The first-order valence-electron chi connectivity index (χ1n) is 14.9. The summed E-state index contributed by atoms with van der Waals surface area (Å²) in [5.41, 5.74) is 3.09. The van der Waals surface area contributed by atoms with Gasteiger partial charge in [-0.05, 0) is 61.9 Å². The molecule has 2 aromatic heterocycles. The van der Waals surface area contributed by atoms with Crippen molar-refractivity contribution in [2.45, 2.75) is 53.4 Å². The standard InChI is InChI=1S/C36H37F2N3O3S/c1-22(2)35(43)39-26-16-14-25(15-17-26)34-28(19-40(5)18-24-10-7-6-8-11-24)32-33(42)31(44-23(3)4)21-41(36(32)45-34)20-27-29(37)12-9-13-30(27)38/h6-17,21-23H,18-20H2,1-5H3,(H,39,43). The van der Waals surface area contributed by atoms with Gasteiger partial charge in [0, 0.05) is 35.1 Å². The van der Waals surface area contributed by atoms with E-state index in [9.17, 15) is 18.4 Å². The van der Waals surface area contributed by atoms with Gasteiger partial charge in [0.1, 0.15) is 16.5 Å². The summed E-state index contributed by atoms with van der Waals surface area (Å²) in [7, 11) is 1.99. The van der Waals surface area contributed by atoms with Crippen molar-refractivity contribution in [2.75, 3.05) is 12.4 Å². The molecule has 0 aliphatic carbocycles. The number of rotatable bonds is 11. The van der Waals surface area contributed by atoms with Crippen LogP contribution in [-0.2, 0) is 24.4 Å². The highest BCUT2D eigenvalue weighted by Crippen LogP contribution is 2.40. The van der Waals surface area contributed by atoms with Crippen LogP contribution in [0.4, 0.5) is 14.5 Å². The van der Waals surface area contributed by atoms with Gasteiger partial charge in [0.15, 0.2) is 5.75 Å². The molecule has 0 fully saturated rings. The molecule has 1 amide bonds. The van der Waals surface area contributed by atoms with Gasteiger partial charge >= 0.3 is 0 Å². The van der Waals surface area contributed by atoms with Crippen molar-refractivity contribution in [3.8, 4) is 16.2 Å². The molecule has 3 aromatic carbocycles. The molecule has 1 N–H and O–H groups in total. The average Bonchev–Trinajstić information content (AvgIpc) is 3.37. The van der Waals surface area contributed by atoms with Crippen LogP contribution in [0.1, 0.15) is 44.4 Å². The fourth-order valence-electron chi connectivity index (χ4n) is 5.18. The summed E-state index contributed by atoms with van der Waals surface area (Å²) in [6, 6.07) is 21.4. The molecule has 45 heavy (non-hydrogen) atoms. The van der Waals surface area contributed by atoms with Crippen molar-refractivity contribution >= 4 is 33.1 Å². The molecule has 0 aliphatic heterocycles. The number of thiophene rings is 1. The monoisotopic (exact) mass is 629 g/mol. The van der Waals surface area contributed by atoms with E-state index in [4.69, 9.17) is 4.74 Å². The normalized spacial score (nSPS) is 11.6. The molecule has 0 saturated heterocycles. The summed E-state index contributed by atoms with van der Waals surface area (Å²) < 4.78 is 37.4. The average molecular weight is 630 g/mol. The second-order valence-electron chi connectivity index (χ2n) is 11.8. The maximum atomic E-state index is 14.9. The second-order valence-corrected chi connectivity index (χ2v) is 12.8. The van der Waals surface area contributed by atoms with Crippen LogP contribution < -0.4 is 15.5 Å². The lowest BCUT2D eigenvalue weighted by Gasteiger charge is -2.18. The lowest BCUT2D eigenvalue weighted by molar-refractivity contribution is -0.118. The van der Waals surface area contributed by atoms with Gasteiger partial charge in [0.2, 0.25) is 11.3 Å². The highest BCUT2D eigenvalue weighted by atomic mass is 32.1. The summed E-state index contributed by atoms with van der Waals surface area (Å²) in [6.45, 7) is 8.29. The van der Waals surface area contributed by atoms with E-state index in [1.54, 1.807) is 10.8 Å². The quantitative estimate of drug-likeness (QED) is 0.161. The molecule has 2 heterocycles. The van der Waals surface area contributed by atoms with E-state index in [0.29, 0.717) is 29.0 Å². The fourth-order valence-corrected chi connectivity index (χ4v) is 6.47. The number of benzene rings is 3. The molecule has 0 radical (unpaired) electrons. The van der Waals surface area contributed by atoms with Crippen molar-refractivity contribution in [1.29, 1.82) is 0 Å². The summed E-state index contributed by atoms with van der Waals surface area (Å²) in [6.07, 6.45) is 1.27. The SMILES string of the molecule is CC(C)Oc1cn(Cc2c(F)cccc2F)c2sc(-c3ccc(NC(=O)C(C)C)cc3)c(CN(C)Cc3ccccc3)c2c1=O. The Balaban J connectivity index is 1.69. The number of amides is 1. The Labute approximate surface area is 265 Å². The third kappa shape index (κ3) is 7.32. The predicted octanol–water partition coefficient (Wildman–Crippen LogP) is 8.07. The molecule has 0 spiro atoms. The maximum Gasteiger partial charge on any atom is 0.232 e. The zero-order valence-corrected chi connectivity index (χ0v) is 26.9. The largest absolute Gasteiger partial charge is 0.485 e. The summed E-state index contributed by atoms with van der Waals surface area (Å²) in [4.78, 5) is 30.0. The molecular weight excluding hydrogens is 592 g/mol. The Morgan fingerprint density at radius 1 is 0.911 bits per heavy atom. The number of pyridine rings is 1. The zero-order chi connectivity index (χ0) is 32.2. The van der Waals surface area contributed by atoms with Crippen LogP contribution in [0.2, 0.25) is 0 Å². The maximum absolute atomic E-state index is 14.9. The van der Waals surface area contributed by atoms with E-state index < -0.39 is 11.6 Å². The molecule has 5 rings (SSSR count). The van der Waals surface area contributed by atoms with Crippen LogP contribution >= 0.6 is 11.3 Å². The van der Waals surface area contributed by atoms with Crippen LogP contribution in [-0.4, -0.2) is 28.5 Å². The fraction of sp³-hybridized carbons (Fsp3) is 0.278. The van der Waals surface area contributed by atoms with Gasteiger partial charge < -0.3 is 14.6 Å². The predicted molar refractivity (Wildman–Crippen MR) is 178 cm³/mol. The van der Waals surface area contributed by atoms with E-state index in [0.717, 1.165) is 21.6 Å². The van der Waals surface area contributed by atoms with Gasteiger partial charge in [-0.15, -0.1) is 11.3 Å². The number of fused-ring (bicyclic) bond motifs is 1. The van der Waals surface area contributed by atoms with Crippen molar-refractivity contribution < 1.29 is 18.3 Å². The van der Waals surface area contributed by atoms with Gasteiger partial charge in [0.05, 0.1) is 24.2 Å². The van der Waals surface area contributed by atoms with Crippen molar-refractivity contribution in [3.63, 3.8) is 0 Å². The van der Waals surface area contributed by atoms with Crippen LogP contribution in [0, 0.1) is 17.6 Å². The molecule has 0 unspecified atom stereocenters. The Kier molecular flexibility index (Phi) is 9.80. The summed E-state index contributed by atoms with van der Waals surface area (Å²) in [5.74, 6) is -1.44. The number of anilines is 1. The Morgan fingerprint density at radius 2 is 1.58 bits per heavy atom. The van der Waals surface area contributed by atoms with Crippen LogP contribution in [0.25, 0.3) is 20.7 Å².